The van der Waals surface area contributed by atoms with Crippen molar-refractivity contribution in [2.24, 2.45) is 0 Å². The summed E-state index contributed by atoms with van der Waals surface area (Å²) in [5.74, 6) is 0.510. The summed E-state index contributed by atoms with van der Waals surface area (Å²) in [7, 11) is -1.49. The van der Waals surface area contributed by atoms with Gasteiger partial charge >= 0.3 is 0 Å². The molecule has 8 heteroatoms. The Hall–Kier alpha value is -1.81. The van der Waals surface area contributed by atoms with Gasteiger partial charge in [0.2, 0.25) is 8.69 Å². The third kappa shape index (κ3) is 2.75. The highest BCUT2D eigenvalue weighted by molar-refractivity contribution is 7.17. The van der Waals surface area contributed by atoms with Crippen molar-refractivity contribution < 1.29 is 9.09 Å². The van der Waals surface area contributed by atoms with Crippen LogP contribution < -0.4 is 10.1 Å². The lowest BCUT2D eigenvalue weighted by Crippen LogP contribution is -2.09. The monoisotopic (exact) mass is 354 g/mol. The van der Waals surface area contributed by atoms with Crippen LogP contribution in [0.5, 0.6) is 5.75 Å². The number of benzene rings is 2. The first-order chi connectivity index (χ1) is 10.6. The molecule has 0 radical (unpaired) electrons. The first-order valence-electron chi connectivity index (χ1n) is 6.19. The lowest BCUT2D eigenvalue weighted by atomic mass is 10.1. The van der Waals surface area contributed by atoms with Crippen LogP contribution in [0.1, 0.15) is 0 Å². The van der Waals surface area contributed by atoms with Gasteiger partial charge in [0.1, 0.15) is 5.82 Å². The van der Waals surface area contributed by atoms with E-state index in [1.165, 1.54) is 0 Å². The fourth-order valence-electron chi connectivity index (χ4n) is 2.10. The number of hydrogen-bond acceptors (Lipinski definition) is 4. The number of aromatic nitrogens is 2. The molecular formula is C14H9Cl2N2O3P. The minimum absolute atomic E-state index is 0.227. The number of H-pyrrole nitrogens is 1. The van der Waals surface area contributed by atoms with E-state index in [1.54, 1.807) is 36.4 Å². The molecule has 22 heavy (non-hydrogen) atoms. The Morgan fingerprint density at radius 3 is 2.77 bits per heavy atom. The molecule has 1 unspecified atom stereocenters. The summed E-state index contributed by atoms with van der Waals surface area (Å²) in [6.07, 6.45) is 0. The molecule has 1 atom stereocenters. The van der Waals surface area contributed by atoms with Crippen LogP contribution in [-0.4, -0.2) is 9.97 Å². The topological polar surface area (TPSA) is 72.0 Å². The smallest absolute Gasteiger partial charge is 0.259 e. The van der Waals surface area contributed by atoms with Crippen molar-refractivity contribution in [3.8, 4) is 17.1 Å². The van der Waals surface area contributed by atoms with Crippen LogP contribution in [-0.2, 0) is 4.57 Å². The summed E-state index contributed by atoms with van der Waals surface area (Å²) in [5, 5.41) is 1.13. The number of hydrogen-bond donors (Lipinski definition) is 1. The number of fused-ring (bicyclic) bond motifs is 1. The van der Waals surface area contributed by atoms with Crippen molar-refractivity contribution in [1.82, 2.24) is 9.97 Å². The summed E-state index contributed by atoms with van der Waals surface area (Å²) >= 11 is 11.9. The minimum Gasteiger partial charge on any atom is -0.444 e. The number of nitrogens with zero attached hydrogens (tertiary/aromatic N) is 1. The summed E-state index contributed by atoms with van der Waals surface area (Å²) in [4.78, 5) is 19.2. The summed E-state index contributed by atoms with van der Waals surface area (Å²) in [5.41, 5.74) is 0.622. The zero-order valence-electron chi connectivity index (χ0n) is 11.0. The number of para-hydroxylation sites is 1. The minimum atomic E-state index is -1.49. The Bertz CT molecular complexity index is 943. The molecule has 1 aromatic heterocycles. The summed E-state index contributed by atoms with van der Waals surface area (Å²) in [6, 6.07) is 9.82. The highest BCUT2D eigenvalue weighted by Crippen LogP contribution is 2.36. The SMILES string of the molecule is O=[PH2]Oc1c(Cl)cccc1-c1nc2ccc(Cl)cc2c(=O)[nH]1. The van der Waals surface area contributed by atoms with E-state index in [2.05, 4.69) is 9.97 Å². The number of nitrogens with one attached hydrogen (secondary N) is 1. The lowest BCUT2D eigenvalue weighted by Gasteiger charge is -2.09. The third-order valence-corrected chi connectivity index (χ3v) is 3.92. The summed E-state index contributed by atoms with van der Waals surface area (Å²) < 4.78 is 16.0. The highest BCUT2D eigenvalue weighted by Gasteiger charge is 2.14. The highest BCUT2D eigenvalue weighted by atomic mass is 35.5. The van der Waals surface area contributed by atoms with Crippen LogP contribution in [0.15, 0.2) is 41.2 Å². The predicted molar refractivity (Wildman–Crippen MR) is 88.8 cm³/mol. The molecule has 2 aromatic carbocycles. The molecule has 112 valence electrons. The third-order valence-electron chi connectivity index (χ3n) is 3.06. The first-order valence-corrected chi connectivity index (χ1v) is 7.89. The number of aromatic amines is 1. The number of halogens is 2. The van der Waals surface area contributed by atoms with Gasteiger partial charge in [-0.3, -0.25) is 9.36 Å². The van der Waals surface area contributed by atoms with Crippen molar-refractivity contribution in [1.29, 1.82) is 0 Å². The van der Waals surface area contributed by atoms with Gasteiger partial charge in [-0.1, -0.05) is 29.3 Å². The van der Waals surface area contributed by atoms with Crippen LogP contribution in [0.4, 0.5) is 0 Å². The van der Waals surface area contributed by atoms with Crippen molar-refractivity contribution >= 4 is 42.8 Å². The Morgan fingerprint density at radius 2 is 2.00 bits per heavy atom. The second-order valence-corrected chi connectivity index (χ2v) is 5.68. The zero-order valence-corrected chi connectivity index (χ0v) is 13.6. The Kier molecular flexibility index (Phi) is 4.21. The van der Waals surface area contributed by atoms with E-state index in [9.17, 15) is 9.36 Å². The van der Waals surface area contributed by atoms with Gasteiger partial charge in [0.05, 0.1) is 21.5 Å². The molecular weight excluding hydrogens is 346 g/mol. The molecule has 0 bridgehead atoms. The standard InChI is InChI=1S/C14H9Cl2N2O3P/c15-7-4-5-11-9(6-7)14(19)18-13(17-11)8-2-1-3-10(16)12(8)21-22-20/h1-6H,22H2,(H,17,18,19). The van der Waals surface area contributed by atoms with Crippen molar-refractivity contribution in [2.45, 2.75) is 0 Å². The molecule has 0 aliphatic rings. The normalized spacial score (nSPS) is 11.4. The lowest BCUT2D eigenvalue weighted by molar-refractivity contribution is 0.526. The zero-order chi connectivity index (χ0) is 15.7. The molecule has 3 rings (SSSR count). The fourth-order valence-corrected chi connectivity index (χ4v) is 2.92. The second kappa shape index (κ2) is 6.13. The second-order valence-electron chi connectivity index (χ2n) is 4.41. The van der Waals surface area contributed by atoms with Gasteiger partial charge < -0.3 is 9.51 Å². The molecule has 3 aromatic rings. The Morgan fingerprint density at radius 1 is 1.18 bits per heavy atom. The predicted octanol–water partition coefficient (Wildman–Crippen LogP) is 3.95. The van der Waals surface area contributed by atoms with Crippen LogP contribution in [0.3, 0.4) is 0 Å². The fraction of sp³-hybridized carbons (Fsp3) is 0. The maximum absolute atomic E-state index is 12.2. The van der Waals surface area contributed by atoms with Gasteiger partial charge in [-0.05, 0) is 30.3 Å². The average Bonchev–Trinajstić information content (AvgIpc) is 2.50. The van der Waals surface area contributed by atoms with Crippen molar-refractivity contribution in [2.75, 3.05) is 0 Å². The molecule has 0 amide bonds. The van der Waals surface area contributed by atoms with Gasteiger partial charge in [0.25, 0.3) is 5.56 Å². The van der Waals surface area contributed by atoms with E-state index in [4.69, 9.17) is 27.7 Å². The van der Waals surface area contributed by atoms with Gasteiger partial charge in [0, 0.05) is 5.02 Å². The molecule has 0 aliphatic carbocycles. The molecule has 1 heterocycles. The van der Waals surface area contributed by atoms with E-state index < -0.39 is 8.69 Å². The first kappa shape index (κ1) is 15.1. The van der Waals surface area contributed by atoms with Gasteiger partial charge in [-0.25, -0.2) is 4.98 Å². The average molecular weight is 355 g/mol. The van der Waals surface area contributed by atoms with E-state index in [0.717, 1.165) is 0 Å². The molecule has 0 fully saturated rings. The van der Waals surface area contributed by atoms with E-state index >= 15 is 0 Å². The van der Waals surface area contributed by atoms with Crippen molar-refractivity contribution in [3.05, 3.63) is 56.8 Å². The van der Waals surface area contributed by atoms with Crippen LogP contribution >= 0.6 is 31.9 Å². The Balaban J connectivity index is 2.28. The maximum atomic E-state index is 12.2. The van der Waals surface area contributed by atoms with E-state index in [-0.39, 0.29) is 17.1 Å². The van der Waals surface area contributed by atoms with Crippen LogP contribution in [0.2, 0.25) is 10.0 Å². The van der Waals surface area contributed by atoms with E-state index in [0.29, 0.717) is 26.5 Å². The van der Waals surface area contributed by atoms with Gasteiger partial charge in [0.15, 0.2) is 5.75 Å². The quantitative estimate of drug-likeness (QED) is 0.723. The number of rotatable bonds is 3. The molecule has 0 saturated heterocycles. The molecule has 1 N–H and O–H groups in total. The largest absolute Gasteiger partial charge is 0.444 e. The Labute approximate surface area is 136 Å². The van der Waals surface area contributed by atoms with Crippen molar-refractivity contribution in [3.63, 3.8) is 0 Å². The van der Waals surface area contributed by atoms with Crippen LogP contribution in [0.25, 0.3) is 22.3 Å². The molecule has 5 nitrogen and oxygen atoms in total. The van der Waals surface area contributed by atoms with E-state index in [1.807, 2.05) is 0 Å². The van der Waals surface area contributed by atoms with Gasteiger partial charge in [-0.2, -0.15) is 0 Å². The molecule has 0 saturated carbocycles. The van der Waals surface area contributed by atoms with Crippen LogP contribution in [0, 0.1) is 0 Å². The van der Waals surface area contributed by atoms with Gasteiger partial charge in [-0.15, -0.1) is 0 Å². The molecule has 0 aliphatic heterocycles. The molecule has 0 spiro atoms. The maximum Gasteiger partial charge on any atom is 0.259 e. The summed E-state index contributed by atoms with van der Waals surface area (Å²) in [6.45, 7) is 0.